The molecule has 0 saturated carbocycles. The van der Waals surface area contributed by atoms with Crippen LogP contribution < -0.4 is 5.73 Å². The van der Waals surface area contributed by atoms with Crippen molar-refractivity contribution in [2.75, 3.05) is 0 Å². The molecule has 0 saturated heterocycles. The Labute approximate surface area is 48.3 Å². The largest absolute Gasteiger partial charge is 0.472 e. The minimum Gasteiger partial charge on any atom is -0.472 e. The Kier molecular flexibility index (Phi) is 1.35. The van der Waals surface area contributed by atoms with Crippen LogP contribution in [0.2, 0.25) is 0 Å². The second-order valence-corrected chi connectivity index (χ2v) is 1.78. The van der Waals surface area contributed by atoms with Gasteiger partial charge >= 0.3 is 0 Å². The maximum Gasteiger partial charge on any atom is 0.0950 e. The first-order valence-corrected chi connectivity index (χ1v) is 2.56. The van der Waals surface area contributed by atoms with Crippen LogP contribution in [0.5, 0.6) is 0 Å². The van der Waals surface area contributed by atoms with Gasteiger partial charge in [-0.2, -0.15) is 0 Å². The van der Waals surface area contributed by atoms with E-state index in [1.165, 1.54) is 0 Å². The highest BCUT2D eigenvalue weighted by Gasteiger charge is 1.94. The van der Waals surface area contributed by atoms with Crippen molar-refractivity contribution in [1.29, 1.82) is 0 Å². The molecule has 0 aliphatic carbocycles. The van der Waals surface area contributed by atoms with Gasteiger partial charge in [-0.25, -0.2) is 0 Å². The van der Waals surface area contributed by atoms with E-state index in [-0.39, 0.29) is 0 Å². The third-order valence-electron chi connectivity index (χ3n) is 1.18. The van der Waals surface area contributed by atoms with Gasteiger partial charge in [0.1, 0.15) is 0 Å². The molecule has 1 rings (SSSR count). The molecule has 0 aliphatic heterocycles. The van der Waals surface area contributed by atoms with Crippen LogP contribution >= 0.6 is 0 Å². The Bertz CT molecular complexity index is 169. The number of hydrogen-bond donors (Lipinski definition) is 1. The molecule has 0 radical (unpaired) electrons. The molecule has 1 aromatic heterocycles. The van der Waals surface area contributed by atoms with Gasteiger partial charge in [-0.15, -0.1) is 0 Å². The van der Waals surface area contributed by atoms with E-state index >= 15 is 0 Å². The maximum atomic E-state index is 5.34. The zero-order chi connectivity index (χ0) is 5.98. The van der Waals surface area contributed by atoms with Gasteiger partial charge in [-0.1, -0.05) is 0 Å². The van der Waals surface area contributed by atoms with Crippen molar-refractivity contribution in [2.45, 2.75) is 13.5 Å². The summed E-state index contributed by atoms with van der Waals surface area (Å²) in [5.41, 5.74) is 7.56. The maximum absolute atomic E-state index is 5.34. The lowest BCUT2D eigenvalue weighted by Crippen LogP contribution is -1.94. The molecular formula is C6H9NO. The molecule has 0 fully saturated rings. The first-order chi connectivity index (χ1) is 3.84. The van der Waals surface area contributed by atoms with E-state index in [9.17, 15) is 0 Å². The van der Waals surface area contributed by atoms with Crippen LogP contribution in [0.1, 0.15) is 11.1 Å². The Morgan fingerprint density at radius 2 is 2.38 bits per heavy atom. The van der Waals surface area contributed by atoms with E-state index in [0.29, 0.717) is 6.54 Å². The van der Waals surface area contributed by atoms with Gasteiger partial charge in [0.25, 0.3) is 0 Å². The van der Waals surface area contributed by atoms with E-state index in [1.807, 2.05) is 6.92 Å². The molecule has 0 atom stereocenters. The topological polar surface area (TPSA) is 39.2 Å². The highest BCUT2D eigenvalue weighted by atomic mass is 16.3. The second-order valence-electron chi connectivity index (χ2n) is 1.78. The zero-order valence-corrected chi connectivity index (χ0v) is 4.85. The first kappa shape index (κ1) is 5.38. The molecular weight excluding hydrogens is 102 g/mol. The molecule has 1 aromatic rings. The predicted molar refractivity (Wildman–Crippen MR) is 31.3 cm³/mol. The fourth-order valence-corrected chi connectivity index (χ4v) is 0.596. The molecule has 0 spiro atoms. The average Bonchev–Trinajstić information content (AvgIpc) is 2.14. The summed E-state index contributed by atoms with van der Waals surface area (Å²) in [5.74, 6) is 0. The van der Waals surface area contributed by atoms with E-state index in [2.05, 4.69) is 0 Å². The summed E-state index contributed by atoms with van der Waals surface area (Å²) in [6.07, 6.45) is 3.37. The number of furan rings is 1. The molecule has 0 unspecified atom stereocenters. The molecule has 2 nitrogen and oxygen atoms in total. The molecule has 44 valence electrons. The van der Waals surface area contributed by atoms with Gasteiger partial charge in [-0.05, 0) is 12.5 Å². The van der Waals surface area contributed by atoms with Gasteiger partial charge < -0.3 is 10.2 Å². The molecule has 2 N–H and O–H groups in total. The van der Waals surface area contributed by atoms with Gasteiger partial charge in [0, 0.05) is 12.1 Å². The molecule has 0 aliphatic rings. The van der Waals surface area contributed by atoms with Gasteiger partial charge in [0.2, 0.25) is 0 Å². The summed E-state index contributed by atoms with van der Waals surface area (Å²) in [4.78, 5) is 0. The summed E-state index contributed by atoms with van der Waals surface area (Å²) in [7, 11) is 0. The molecule has 0 bridgehead atoms. The molecule has 0 amide bonds. The number of nitrogens with two attached hydrogens (primary N) is 1. The van der Waals surface area contributed by atoms with Crippen molar-refractivity contribution in [3.63, 3.8) is 0 Å². The Balaban J connectivity index is 2.92. The van der Waals surface area contributed by atoms with E-state index in [4.69, 9.17) is 10.2 Å². The summed E-state index contributed by atoms with van der Waals surface area (Å²) in [6.45, 7) is 2.55. The number of hydrogen-bond acceptors (Lipinski definition) is 2. The zero-order valence-electron chi connectivity index (χ0n) is 4.85. The van der Waals surface area contributed by atoms with Gasteiger partial charge in [0.05, 0.1) is 12.5 Å². The predicted octanol–water partition coefficient (Wildman–Crippen LogP) is 1.05. The third-order valence-corrected chi connectivity index (χ3v) is 1.18. The minimum absolute atomic E-state index is 0.572. The Morgan fingerprint density at radius 3 is 2.62 bits per heavy atom. The van der Waals surface area contributed by atoms with Crippen LogP contribution in [0.4, 0.5) is 0 Å². The highest BCUT2D eigenvalue weighted by Crippen LogP contribution is 2.05. The third kappa shape index (κ3) is 0.746. The number of aryl methyl sites for hydroxylation is 1. The monoisotopic (exact) mass is 111 g/mol. The molecule has 2 heteroatoms. The average molecular weight is 111 g/mol. The summed E-state index contributed by atoms with van der Waals surface area (Å²) < 4.78 is 4.86. The summed E-state index contributed by atoms with van der Waals surface area (Å²) >= 11 is 0. The van der Waals surface area contributed by atoms with Crippen molar-refractivity contribution in [1.82, 2.24) is 0 Å². The highest BCUT2D eigenvalue weighted by molar-refractivity contribution is 5.17. The fraction of sp³-hybridized carbons (Fsp3) is 0.333. The SMILES string of the molecule is Cc1cocc1CN. The van der Waals surface area contributed by atoms with Gasteiger partial charge in [0.15, 0.2) is 0 Å². The van der Waals surface area contributed by atoms with Crippen molar-refractivity contribution >= 4 is 0 Å². The van der Waals surface area contributed by atoms with E-state index in [0.717, 1.165) is 11.1 Å². The molecule has 1 heterocycles. The van der Waals surface area contributed by atoms with Crippen molar-refractivity contribution in [2.24, 2.45) is 5.73 Å². The summed E-state index contributed by atoms with van der Waals surface area (Å²) in [6, 6.07) is 0. The Hall–Kier alpha value is -0.760. The lowest BCUT2D eigenvalue weighted by Gasteiger charge is -1.85. The minimum atomic E-state index is 0.572. The van der Waals surface area contributed by atoms with Crippen molar-refractivity contribution < 1.29 is 4.42 Å². The first-order valence-electron chi connectivity index (χ1n) is 2.56. The number of rotatable bonds is 1. The van der Waals surface area contributed by atoms with Crippen molar-refractivity contribution in [3.05, 3.63) is 23.7 Å². The van der Waals surface area contributed by atoms with E-state index < -0.39 is 0 Å². The molecule has 0 aromatic carbocycles. The van der Waals surface area contributed by atoms with Gasteiger partial charge in [-0.3, -0.25) is 0 Å². The second kappa shape index (κ2) is 2.01. The lowest BCUT2D eigenvalue weighted by atomic mass is 10.2. The van der Waals surface area contributed by atoms with E-state index in [1.54, 1.807) is 12.5 Å². The standard InChI is InChI=1S/C6H9NO/c1-5-3-8-4-6(5)2-7/h3-4H,2,7H2,1H3. The van der Waals surface area contributed by atoms with Crippen molar-refractivity contribution in [3.8, 4) is 0 Å². The molecule has 8 heavy (non-hydrogen) atoms. The van der Waals surface area contributed by atoms with Crippen LogP contribution in [-0.4, -0.2) is 0 Å². The van der Waals surface area contributed by atoms with Crippen LogP contribution in [0.3, 0.4) is 0 Å². The summed E-state index contributed by atoms with van der Waals surface area (Å²) in [5, 5.41) is 0. The smallest absolute Gasteiger partial charge is 0.0950 e. The normalized spacial score (nSPS) is 9.75. The quantitative estimate of drug-likeness (QED) is 0.588. The van der Waals surface area contributed by atoms with Crippen LogP contribution in [0.25, 0.3) is 0 Å². The Morgan fingerprint density at radius 1 is 1.62 bits per heavy atom. The van der Waals surface area contributed by atoms with Crippen LogP contribution in [0.15, 0.2) is 16.9 Å². The van der Waals surface area contributed by atoms with Crippen LogP contribution in [-0.2, 0) is 6.54 Å². The lowest BCUT2D eigenvalue weighted by molar-refractivity contribution is 0.562. The fourth-order valence-electron chi connectivity index (χ4n) is 0.596. The van der Waals surface area contributed by atoms with Crippen LogP contribution in [0, 0.1) is 6.92 Å².